The van der Waals surface area contributed by atoms with Gasteiger partial charge in [0.15, 0.2) is 11.5 Å². The molecule has 1 fully saturated rings. The molecular formula is C20H23F2N7O. The molecule has 1 aliphatic rings. The molecule has 0 bridgehead atoms. The molecule has 1 aliphatic heterocycles. The van der Waals surface area contributed by atoms with E-state index in [9.17, 15) is 13.6 Å². The number of alkyl halides is 2. The number of hydrogen-bond donors (Lipinski definition) is 1. The van der Waals surface area contributed by atoms with Crippen LogP contribution < -0.4 is 5.32 Å². The number of hydrogen-bond acceptors (Lipinski definition) is 6. The summed E-state index contributed by atoms with van der Waals surface area (Å²) in [6.07, 6.45) is -2.40. The van der Waals surface area contributed by atoms with Gasteiger partial charge in [-0.1, -0.05) is 19.1 Å². The van der Waals surface area contributed by atoms with Gasteiger partial charge in [-0.05, 0) is 36.4 Å². The zero-order valence-electron chi connectivity index (χ0n) is 16.6. The first-order valence-corrected chi connectivity index (χ1v) is 9.90. The number of carbonyl (C=O) groups is 1. The first-order chi connectivity index (χ1) is 14.5. The lowest BCUT2D eigenvalue weighted by molar-refractivity contribution is -0.132. The van der Waals surface area contributed by atoms with E-state index in [1.165, 1.54) is 0 Å². The van der Waals surface area contributed by atoms with Crippen molar-refractivity contribution in [3.05, 3.63) is 47.8 Å². The number of likely N-dealkylation sites (N-methyl/N-ethyl adjacent to an activating group) is 1. The summed E-state index contributed by atoms with van der Waals surface area (Å²) in [5.41, 5.74) is 1.91. The van der Waals surface area contributed by atoms with Gasteiger partial charge in [-0.15, -0.1) is 15.3 Å². The van der Waals surface area contributed by atoms with Gasteiger partial charge in [0.1, 0.15) is 0 Å². The van der Waals surface area contributed by atoms with Crippen LogP contribution in [0.3, 0.4) is 0 Å². The number of nitrogens with zero attached hydrogens (tertiary/aromatic N) is 6. The van der Waals surface area contributed by atoms with Gasteiger partial charge in [-0.3, -0.25) is 4.79 Å². The van der Waals surface area contributed by atoms with Gasteiger partial charge in [0, 0.05) is 31.9 Å². The number of anilines is 2. The van der Waals surface area contributed by atoms with Crippen LogP contribution in [0.5, 0.6) is 0 Å². The lowest BCUT2D eigenvalue weighted by atomic mass is 10.1. The van der Waals surface area contributed by atoms with Crippen molar-refractivity contribution >= 4 is 23.1 Å². The van der Waals surface area contributed by atoms with E-state index in [4.69, 9.17) is 0 Å². The number of nitrogens with one attached hydrogen (secondary N) is 1. The number of benzene rings is 1. The number of piperazine rings is 1. The Morgan fingerprint density at radius 1 is 1.07 bits per heavy atom. The van der Waals surface area contributed by atoms with Crippen molar-refractivity contribution in [2.75, 3.05) is 38.0 Å². The van der Waals surface area contributed by atoms with Gasteiger partial charge < -0.3 is 15.1 Å². The van der Waals surface area contributed by atoms with E-state index in [0.29, 0.717) is 12.2 Å². The van der Waals surface area contributed by atoms with E-state index in [-0.39, 0.29) is 11.6 Å². The molecule has 0 atom stereocenters. The monoisotopic (exact) mass is 415 g/mol. The predicted molar refractivity (Wildman–Crippen MR) is 108 cm³/mol. The summed E-state index contributed by atoms with van der Waals surface area (Å²) in [5, 5.41) is 14.3. The molecule has 3 heterocycles. The van der Waals surface area contributed by atoms with Crippen LogP contribution in [0.4, 0.5) is 20.3 Å². The van der Waals surface area contributed by atoms with Crippen LogP contribution in [0.1, 0.15) is 24.7 Å². The fourth-order valence-electron chi connectivity index (χ4n) is 3.46. The summed E-state index contributed by atoms with van der Waals surface area (Å²) >= 11 is 0. The Kier molecular flexibility index (Phi) is 5.84. The second-order valence-corrected chi connectivity index (χ2v) is 7.16. The molecular weight excluding hydrogens is 392 g/mol. The fraction of sp³-hybridized carbons (Fsp3) is 0.400. The topological polar surface area (TPSA) is 78.7 Å². The molecule has 0 saturated carbocycles. The molecule has 30 heavy (non-hydrogen) atoms. The van der Waals surface area contributed by atoms with Gasteiger partial charge in [0.2, 0.25) is 11.7 Å². The molecule has 10 heteroatoms. The Bertz CT molecular complexity index is 1010. The minimum absolute atomic E-state index is 0.130. The third-order valence-electron chi connectivity index (χ3n) is 5.24. The van der Waals surface area contributed by atoms with Crippen LogP contribution in [-0.2, 0) is 11.2 Å². The van der Waals surface area contributed by atoms with E-state index in [2.05, 4.69) is 32.4 Å². The van der Waals surface area contributed by atoms with Gasteiger partial charge in [0.25, 0.3) is 6.43 Å². The molecule has 4 rings (SSSR count). The molecule has 1 N–H and O–H groups in total. The number of amides is 1. The predicted octanol–water partition coefficient (Wildman–Crippen LogP) is 2.51. The van der Waals surface area contributed by atoms with Crippen LogP contribution in [0.15, 0.2) is 36.4 Å². The van der Waals surface area contributed by atoms with Crippen LogP contribution in [0.2, 0.25) is 0 Å². The Morgan fingerprint density at radius 2 is 1.80 bits per heavy atom. The zero-order chi connectivity index (χ0) is 21.1. The van der Waals surface area contributed by atoms with Gasteiger partial charge in [0.05, 0.1) is 6.42 Å². The minimum Gasteiger partial charge on any atom is -0.340 e. The molecule has 0 unspecified atom stereocenters. The Balaban J connectivity index is 1.38. The van der Waals surface area contributed by atoms with Crippen molar-refractivity contribution < 1.29 is 13.6 Å². The number of aromatic nitrogens is 4. The van der Waals surface area contributed by atoms with Gasteiger partial charge in [-0.25, -0.2) is 8.78 Å². The second kappa shape index (κ2) is 8.70. The zero-order valence-corrected chi connectivity index (χ0v) is 16.6. The highest BCUT2D eigenvalue weighted by Crippen LogP contribution is 2.20. The number of halogens is 2. The quantitative estimate of drug-likeness (QED) is 0.667. The molecule has 0 radical (unpaired) electrons. The summed E-state index contributed by atoms with van der Waals surface area (Å²) in [6, 6.07) is 10.6. The van der Waals surface area contributed by atoms with Crippen molar-refractivity contribution in [1.82, 2.24) is 29.6 Å². The van der Waals surface area contributed by atoms with Crippen molar-refractivity contribution in [3.63, 3.8) is 0 Å². The van der Waals surface area contributed by atoms with E-state index in [0.717, 1.165) is 48.5 Å². The van der Waals surface area contributed by atoms with Crippen LogP contribution in [0, 0.1) is 0 Å². The maximum absolute atomic E-state index is 13.0. The largest absolute Gasteiger partial charge is 0.340 e. The molecule has 1 aromatic carbocycles. The molecule has 1 saturated heterocycles. The summed E-state index contributed by atoms with van der Waals surface area (Å²) in [5.74, 6) is 0.0230. The normalized spacial score (nSPS) is 15.1. The number of rotatable bonds is 6. The molecule has 158 valence electrons. The number of carbonyl (C=O) groups excluding carboxylic acids is 1. The van der Waals surface area contributed by atoms with E-state index in [1.807, 2.05) is 29.2 Å². The third-order valence-corrected chi connectivity index (χ3v) is 5.24. The lowest BCUT2D eigenvalue weighted by Crippen LogP contribution is -2.48. The van der Waals surface area contributed by atoms with Crippen molar-refractivity contribution in [1.29, 1.82) is 0 Å². The highest BCUT2D eigenvalue weighted by Gasteiger charge is 2.20. The van der Waals surface area contributed by atoms with Crippen LogP contribution in [-0.4, -0.2) is 68.2 Å². The van der Waals surface area contributed by atoms with Gasteiger partial charge >= 0.3 is 0 Å². The average Bonchev–Trinajstić information content (AvgIpc) is 3.19. The van der Waals surface area contributed by atoms with Crippen LogP contribution >= 0.6 is 0 Å². The van der Waals surface area contributed by atoms with Crippen molar-refractivity contribution in [2.24, 2.45) is 0 Å². The smallest absolute Gasteiger partial charge is 0.299 e. The van der Waals surface area contributed by atoms with Gasteiger partial charge in [-0.2, -0.15) is 4.52 Å². The van der Waals surface area contributed by atoms with E-state index < -0.39 is 12.2 Å². The molecule has 0 spiro atoms. The second-order valence-electron chi connectivity index (χ2n) is 7.16. The van der Waals surface area contributed by atoms with E-state index in [1.54, 1.807) is 12.1 Å². The maximum Gasteiger partial charge on any atom is 0.299 e. The summed E-state index contributed by atoms with van der Waals surface area (Å²) in [7, 11) is 0. The van der Waals surface area contributed by atoms with Crippen molar-refractivity contribution in [2.45, 2.75) is 19.8 Å². The molecule has 8 nitrogen and oxygen atoms in total. The number of fused-ring (bicyclic) bond motifs is 1. The highest BCUT2D eigenvalue weighted by molar-refractivity contribution is 5.79. The fourth-order valence-corrected chi connectivity index (χ4v) is 3.46. The summed E-state index contributed by atoms with van der Waals surface area (Å²) in [6.45, 7) is 6.52. The lowest BCUT2D eigenvalue weighted by Gasteiger charge is -2.34. The first-order valence-electron chi connectivity index (χ1n) is 9.90. The van der Waals surface area contributed by atoms with Crippen LogP contribution in [0.25, 0.3) is 5.65 Å². The maximum atomic E-state index is 13.0. The Labute approximate surface area is 172 Å². The van der Waals surface area contributed by atoms with Crippen molar-refractivity contribution in [3.8, 4) is 0 Å². The average molecular weight is 415 g/mol. The molecule has 1 amide bonds. The highest BCUT2D eigenvalue weighted by atomic mass is 19.3. The first kappa shape index (κ1) is 20.1. The molecule has 2 aromatic heterocycles. The third kappa shape index (κ3) is 4.38. The Hall–Kier alpha value is -3.14. The molecule has 0 aliphatic carbocycles. The molecule has 3 aromatic rings. The van der Waals surface area contributed by atoms with E-state index >= 15 is 0 Å². The summed E-state index contributed by atoms with van der Waals surface area (Å²) in [4.78, 5) is 16.8. The SMILES string of the molecule is CCN1CCN(C(=O)Cc2ccc(Nc3ccc4nnc(C(F)F)n4n3)cc2)CC1. The standard InChI is InChI=1S/C20H23F2N7O/c1-2-27-9-11-28(12-10-27)18(30)13-14-3-5-15(6-4-14)23-16-7-8-17-24-25-20(19(21)22)29(17)26-16/h3-8,19H,2,9-13H2,1H3,(H,23,26). The minimum atomic E-state index is -2.76. The Morgan fingerprint density at radius 3 is 2.47 bits per heavy atom. The summed E-state index contributed by atoms with van der Waals surface area (Å²) < 4.78 is 27.0.